The van der Waals surface area contributed by atoms with E-state index in [1.165, 1.54) is 25.7 Å². The minimum Gasteiger partial charge on any atom is -0.465 e. The lowest BCUT2D eigenvalue weighted by Gasteiger charge is -2.08. The number of hydrogen-bond acceptors (Lipinski definition) is 3. The molecule has 102 valence electrons. The molecule has 1 unspecified atom stereocenters. The van der Waals surface area contributed by atoms with Crippen molar-refractivity contribution in [2.24, 2.45) is 5.92 Å². The van der Waals surface area contributed by atoms with E-state index < -0.39 is 0 Å². The average Bonchev–Trinajstić information content (AvgIpc) is 2.30. The first-order chi connectivity index (χ1) is 8.07. The summed E-state index contributed by atoms with van der Waals surface area (Å²) in [5.41, 5.74) is 0. The molecule has 0 aliphatic rings. The number of thiol groups is 1. The normalized spacial score (nSPS) is 12.8. The van der Waals surface area contributed by atoms with Gasteiger partial charge in [-0.15, -0.1) is 0 Å². The molecule has 0 aromatic heterocycles. The van der Waals surface area contributed by atoms with Crippen LogP contribution in [0, 0.1) is 5.92 Å². The molecular formula is C14H28O2S. The van der Waals surface area contributed by atoms with Crippen LogP contribution in [0.3, 0.4) is 0 Å². The highest BCUT2D eigenvalue weighted by atomic mass is 32.1. The van der Waals surface area contributed by atoms with Crippen molar-refractivity contribution in [2.45, 2.75) is 71.0 Å². The molecule has 0 rings (SSSR count). The number of hydrogen-bond donors (Lipinski definition) is 1. The molecule has 0 amide bonds. The smallest absolute Gasteiger partial charge is 0.318 e. The quantitative estimate of drug-likeness (QED) is 0.361. The highest BCUT2D eigenvalue weighted by molar-refractivity contribution is 7.81. The van der Waals surface area contributed by atoms with Gasteiger partial charge in [0.05, 0.1) is 11.9 Å². The van der Waals surface area contributed by atoms with Crippen molar-refractivity contribution >= 4 is 18.6 Å². The summed E-state index contributed by atoms with van der Waals surface area (Å²) in [7, 11) is 0. The Morgan fingerprint density at radius 2 is 1.71 bits per heavy atom. The molecule has 0 aliphatic carbocycles. The maximum Gasteiger partial charge on any atom is 0.318 e. The van der Waals surface area contributed by atoms with E-state index in [4.69, 9.17) is 4.74 Å². The van der Waals surface area contributed by atoms with Gasteiger partial charge in [0.15, 0.2) is 0 Å². The first-order valence-corrected chi connectivity index (χ1v) is 7.44. The molecule has 17 heavy (non-hydrogen) atoms. The van der Waals surface area contributed by atoms with Crippen molar-refractivity contribution in [1.82, 2.24) is 0 Å². The Balaban J connectivity index is 3.21. The Labute approximate surface area is 112 Å². The lowest BCUT2D eigenvalue weighted by atomic mass is 10.0. The first-order valence-electron chi connectivity index (χ1n) is 6.92. The van der Waals surface area contributed by atoms with Crippen LogP contribution in [-0.2, 0) is 9.53 Å². The van der Waals surface area contributed by atoms with Crippen LogP contribution in [0.2, 0.25) is 0 Å². The SMILES string of the molecule is CCC(S)C(=O)OCCCCCCCC(C)C. The van der Waals surface area contributed by atoms with E-state index in [9.17, 15) is 4.79 Å². The molecule has 0 bridgehead atoms. The van der Waals surface area contributed by atoms with E-state index in [2.05, 4.69) is 26.5 Å². The largest absolute Gasteiger partial charge is 0.465 e. The van der Waals surface area contributed by atoms with Gasteiger partial charge in [-0.05, 0) is 18.8 Å². The molecule has 0 aromatic carbocycles. The minimum absolute atomic E-state index is 0.171. The lowest BCUT2D eigenvalue weighted by Crippen LogP contribution is -2.17. The summed E-state index contributed by atoms with van der Waals surface area (Å²) in [6.45, 7) is 7.02. The molecule has 0 saturated heterocycles. The molecule has 0 aromatic rings. The van der Waals surface area contributed by atoms with E-state index >= 15 is 0 Å². The molecule has 3 heteroatoms. The topological polar surface area (TPSA) is 26.3 Å². The van der Waals surface area contributed by atoms with E-state index in [0.29, 0.717) is 6.61 Å². The number of unbranched alkanes of at least 4 members (excludes halogenated alkanes) is 4. The zero-order chi connectivity index (χ0) is 13.1. The Morgan fingerprint density at radius 1 is 1.12 bits per heavy atom. The van der Waals surface area contributed by atoms with Gasteiger partial charge in [-0.1, -0.05) is 52.9 Å². The van der Waals surface area contributed by atoms with E-state index in [0.717, 1.165) is 25.2 Å². The third-order valence-corrected chi connectivity index (χ3v) is 3.40. The van der Waals surface area contributed by atoms with E-state index in [-0.39, 0.29) is 11.2 Å². The van der Waals surface area contributed by atoms with Crippen molar-refractivity contribution < 1.29 is 9.53 Å². The van der Waals surface area contributed by atoms with Gasteiger partial charge >= 0.3 is 5.97 Å². The third kappa shape index (κ3) is 10.7. The van der Waals surface area contributed by atoms with Gasteiger partial charge in [0, 0.05) is 0 Å². The molecule has 0 radical (unpaired) electrons. The predicted molar refractivity (Wildman–Crippen MR) is 76.6 cm³/mol. The first kappa shape index (κ1) is 16.8. The molecule has 0 aliphatic heterocycles. The third-order valence-electron chi connectivity index (χ3n) is 2.83. The van der Waals surface area contributed by atoms with Gasteiger partial charge in [-0.3, -0.25) is 4.79 Å². The second-order valence-electron chi connectivity index (χ2n) is 5.04. The molecule has 0 heterocycles. The average molecular weight is 260 g/mol. The molecule has 0 saturated carbocycles. The van der Waals surface area contributed by atoms with Gasteiger partial charge in [-0.25, -0.2) is 0 Å². The van der Waals surface area contributed by atoms with E-state index in [1.807, 2.05) is 6.92 Å². The molecule has 0 spiro atoms. The standard InChI is InChI=1S/C14H28O2S/c1-4-13(17)14(15)16-11-9-7-5-6-8-10-12(2)3/h12-13,17H,4-11H2,1-3H3. The van der Waals surface area contributed by atoms with Crippen LogP contribution in [0.4, 0.5) is 0 Å². The second-order valence-corrected chi connectivity index (χ2v) is 5.67. The summed E-state index contributed by atoms with van der Waals surface area (Å²) >= 11 is 4.14. The Bertz CT molecular complexity index is 193. The van der Waals surface area contributed by atoms with Crippen LogP contribution in [0.1, 0.15) is 65.7 Å². The summed E-state index contributed by atoms with van der Waals surface area (Å²) < 4.78 is 5.12. The summed E-state index contributed by atoms with van der Waals surface area (Å²) in [6.07, 6.45) is 8.08. The number of esters is 1. The van der Waals surface area contributed by atoms with Gasteiger partial charge in [0.2, 0.25) is 0 Å². The van der Waals surface area contributed by atoms with Crippen molar-refractivity contribution in [3.63, 3.8) is 0 Å². The van der Waals surface area contributed by atoms with E-state index in [1.54, 1.807) is 0 Å². The van der Waals surface area contributed by atoms with Crippen LogP contribution in [0.15, 0.2) is 0 Å². The van der Waals surface area contributed by atoms with Crippen molar-refractivity contribution in [3.8, 4) is 0 Å². The summed E-state index contributed by atoms with van der Waals surface area (Å²) in [6, 6.07) is 0. The Morgan fingerprint density at radius 3 is 2.29 bits per heavy atom. The van der Waals surface area contributed by atoms with Crippen molar-refractivity contribution in [3.05, 3.63) is 0 Å². The highest BCUT2D eigenvalue weighted by Gasteiger charge is 2.11. The summed E-state index contributed by atoms with van der Waals surface area (Å²) in [5, 5.41) is -0.249. The van der Waals surface area contributed by atoms with Crippen molar-refractivity contribution in [1.29, 1.82) is 0 Å². The van der Waals surface area contributed by atoms with Gasteiger partial charge in [0.25, 0.3) is 0 Å². The zero-order valence-corrected chi connectivity index (χ0v) is 12.5. The number of carbonyl (C=O) groups excluding carboxylic acids is 1. The summed E-state index contributed by atoms with van der Waals surface area (Å²) in [4.78, 5) is 11.3. The van der Waals surface area contributed by atoms with Crippen LogP contribution < -0.4 is 0 Å². The number of carbonyl (C=O) groups is 1. The molecular weight excluding hydrogens is 232 g/mol. The van der Waals surface area contributed by atoms with Crippen LogP contribution in [0.25, 0.3) is 0 Å². The van der Waals surface area contributed by atoms with Crippen molar-refractivity contribution in [2.75, 3.05) is 6.61 Å². The molecule has 0 N–H and O–H groups in total. The molecule has 1 atom stereocenters. The predicted octanol–water partition coefficient (Wildman–Crippen LogP) is 4.23. The fraction of sp³-hybridized carbons (Fsp3) is 0.929. The number of rotatable bonds is 10. The van der Waals surface area contributed by atoms with Crippen LogP contribution in [0.5, 0.6) is 0 Å². The van der Waals surface area contributed by atoms with Gasteiger partial charge < -0.3 is 4.74 Å². The van der Waals surface area contributed by atoms with Gasteiger partial charge in [0.1, 0.15) is 0 Å². The Kier molecular flexibility index (Phi) is 10.8. The van der Waals surface area contributed by atoms with Gasteiger partial charge in [-0.2, -0.15) is 12.6 Å². The minimum atomic E-state index is -0.249. The van der Waals surface area contributed by atoms with Crippen LogP contribution >= 0.6 is 12.6 Å². The monoisotopic (exact) mass is 260 g/mol. The highest BCUT2D eigenvalue weighted by Crippen LogP contribution is 2.10. The van der Waals surface area contributed by atoms with Crippen LogP contribution in [-0.4, -0.2) is 17.8 Å². The maximum atomic E-state index is 11.3. The second kappa shape index (κ2) is 10.9. The molecule has 0 fully saturated rings. The number of ether oxygens (including phenoxy) is 1. The Hall–Kier alpha value is -0.180. The fourth-order valence-corrected chi connectivity index (χ4v) is 1.70. The lowest BCUT2D eigenvalue weighted by molar-refractivity contribution is -0.143. The fourth-order valence-electron chi connectivity index (χ4n) is 1.62. The molecule has 2 nitrogen and oxygen atoms in total. The zero-order valence-electron chi connectivity index (χ0n) is 11.6. The maximum absolute atomic E-state index is 11.3. The summed E-state index contributed by atoms with van der Waals surface area (Å²) in [5.74, 6) is 0.646.